The molecule has 9 nitrogen and oxygen atoms in total. The summed E-state index contributed by atoms with van der Waals surface area (Å²) < 4.78 is 90.7. The monoisotopic (exact) mass is 681 g/mol. The molecule has 1 heterocycles. The summed E-state index contributed by atoms with van der Waals surface area (Å²) >= 11 is 6.26. The Kier molecular flexibility index (Phi) is 12.6. The third-order valence-electron chi connectivity index (χ3n) is 7.29. The first-order valence-corrected chi connectivity index (χ1v) is 16.4. The lowest BCUT2D eigenvalue weighted by atomic mass is 9.99. The van der Waals surface area contributed by atoms with Gasteiger partial charge in [-0.2, -0.15) is 13.2 Å². The van der Waals surface area contributed by atoms with Crippen LogP contribution < -0.4 is 20.7 Å². The first-order chi connectivity index (χ1) is 20.9. The summed E-state index contributed by atoms with van der Waals surface area (Å²) in [4.78, 5) is 28.8. The number of alkyl halides is 3. The molecule has 250 valence electrons. The number of nitrogens with one attached hydrogen (secondary N) is 2. The Labute approximate surface area is 264 Å². The van der Waals surface area contributed by atoms with Crippen LogP contribution >= 0.6 is 11.6 Å². The number of halogens is 6. The molecule has 0 aromatic heterocycles. The number of nitrogens with zero attached hydrogens (tertiary/aromatic N) is 2. The van der Waals surface area contributed by atoms with E-state index in [1.54, 1.807) is 6.07 Å². The third-order valence-corrected chi connectivity index (χ3v) is 8.39. The van der Waals surface area contributed by atoms with Gasteiger partial charge < -0.3 is 15.5 Å². The number of hydrogen-bond donors (Lipinski definition) is 3. The van der Waals surface area contributed by atoms with Gasteiger partial charge in [0, 0.05) is 55.8 Å². The molecule has 16 heteroatoms. The number of primary sulfonamides is 1. The summed E-state index contributed by atoms with van der Waals surface area (Å²) in [5, 5.41) is 10.2. The number of piperazine rings is 1. The van der Waals surface area contributed by atoms with Crippen molar-refractivity contribution < 1.29 is 40.0 Å². The number of amides is 2. The molecule has 1 fully saturated rings. The Morgan fingerprint density at radius 3 is 2.47 bits per heavy atom. The molecule has 0 bridgehead atoms. The molecule has 2 aromatic rings. The highest BCUT2D eigenvalue weighted by Crippen LogP contribution is 2.33. The van der Waals surface area contributed by atoms with Crippen molar-refractivity contribution in [3.05, 3.63) is 58.1 Å². The molecule has 4 N–H and O–H groups in total. The van der Waals surface area contributed by atoms with Crippen LogP contribution in [0.15, 0.2) is 30.3 Å². The van der Waals surface area contributed by atoms with E-state index in [-0.39, 0.29) is 42.6 Å². The highest BCUT2D eigenvalue weighted by Gasteiger charge is 2.33. The maximum absolute atomic E-state index is 15.0. The lowest BCUT2D eigenvalue weighted by molar-refractivity contribution is -0.139. The van der Waals surface area contributed by atoms with Crippen LogP contribution in [0.5, 0.6) is 0 Å². The number of sulfonamides is 1. The SMILES string of the molecule is CC(C)C[C@H]1CN(c2cc(Cl)ccc2NC(=O)c2ccc(CNC(=O)CCCS(N)(=O)=O)c(F)c2F)CCN1CCC(F)(F)F. The Morgan fingerprint density at radius 2 is 1.82 bits per heavy atom. The molecule has 0 aliphatic carbocycles. The van der Waals surface area contributed by atoms with Crippen LogP contribution in [0.25, 0.3) is 0 Å². The maximum atomic E-state index is 15.0. The molecule has 2 amide bonds. The molecule has 1 aliphatic rings. The highest BCUT2D eigenvalue weighted by molar-refractivity contribution is 7.89. The molecule has 0 saturated carbocycles. The summed E-state index contributed by atoms with van der Waals surface area (Å²) in [7, 11) is -3.74. The minimum absolute atomic E-state index is 0.0422. The zero-order valence-corrected chi connectivity index (χ0v) is 26.5. The summed E-state index contributed by atoms with van der Waals surface area (Å²) in [6.07, 6.45) is -4.79. The Morgan fingerprint density at radius 1 is 1.11 bits per heavy atom. The van der Waals surface area contributed by atoms with E-state index < -0.39 is 63.9 Å². The molecule has 1 saturated heterocycles. The van der Waals surface area contributed by atoms with E-state index in [9.17, 15) is 35.6 Å². The van der Waals surface area contributed by atoms with E-state index in [1.807, 2.05) is 23.6 Å². The molecule has 1 aliphatic heterocycles. The minimum Gasteiger partial charge on any atom is -0.367 e. The van der Waals surface area contributed by atoms with Gasteiger partial charge in [0.15, 0.2) is 11.6 Å². The molecule has 2 aromatic carbocycles. The van der Waals surface area contributed by atoms with Gasteiger partial charge in [-0.1, -0.05) is 31.5 Å². The van der Waals surface area contributed by atoms with Crippen molar-refractivity contribution in [2.75, 3.05) is 42.1 Å². The van der Waals surface area contributed by atoms with Crippen LogP contribution in [0, 0.1) is 17.6 Å². The number of carbonyl (C=O) groups excluding carboxylic acids is 2. The second-order valence-electron chi connectivity index (χ2n) is 11.4. The molecule has 0 unspecified atom stereocenters. The van der Waals surface area contributed by atoms with Gasteiger partial charge in [0.2, 0.25) is 15.9 Å². The van der Waals surface area contributed by atoms with Crippen molar-refractivity contribution >= 4 is 44.8 Å². The van der Waals surface area contributed by atoms with Crippen LogP contribution in [0.3, 0.4) is 0 Å². The lowest BCUT2D eigenvalue weighted by Gasteiger charge is -2.43. The van der Waals surface area contributed by atoms with E-state index >= 15 is 4.39 Å². The van der Waals surface area contributed by atoms with Gasteiger partial charge in [-0.15, -0.1) is 0 Å². The average Bonchev–Trinajstić information content (AvgIpc) is 2.92. The zero-order valence-electron chi connectivity index (χ0n) is 24.9. The van der Waals surface area contributed by atoms with Gasteiger partial charge in [0.05, 0.1) is 29.1 Å². The van der Waals surface area contributed by atoms with Gasteiger partial charge >= 0.3 is 6.18 Å². The zero-order chi connectivity index (χ0) is 33.5. The van der Waals surface area contributed by atoms with Crippen molar-refractivity contribution in [3.8, 4) is 0 Å². The summed E-state index contributed by atoms with van der Waals surface area (Å²) in [6, 6.07) is 6.65. The third kappa shape index (κ3) is 11.4. The smallest absolute Gasteiger partial charge is 0.367 e. The fourth-order valence-electron chi connectivity index (χ4n) is 5.12. The van der Waals surface area contributed by atoms with Gasteiger partial charge in [-0.3, -0.25) is 14.5 Å². The van der Waals surface area contributed by atoms with Crippen molar-refractivity contribution in [3.63, 3.8) is 0 Å². The van der Waals surface area contributed by atoms with E-state index in [2.05, 4.69) is 10.6 Å². The minimum atomic E-state index is -4.28. The normalized spacial score (nSPS) is 16.2. The number of nitrogens with two attached hydrogens (primary N) is 1. The van der Waals surface area contributed by atoms with Crippen LogP contribution in [0.1, 0.15) is 55.5 Å². The van der Waals surface area contributed by atoms with Crippen LogP contribution in [-0.2, 0) is 21.4 Å². The second kappa shape index (κ2) is 15.5. The quantitative estimate of drug-likeness (QED) is 0.255. The number of hydrogen-bond acceptors (Lipinski definition) is 6. The predicted octanol–water partition coefficient (Wildman–Crippen LogP) is 5.04. The fraction of sp³-hybridized carbons (Fsp3) is 0.517. The molecule has 0 spiro atoms. The number of anilines is 2. The van der Waals surface area contributed by atoms with Gasteiger partial charge in [-0.25, -0.2) is 22.3 Å². The Bertz CT molecular complexity index is 1480. The topological polar surface area (TPSA) is 125 Å². The van der Waals surface area contributed by atoms with E-state index in [0.29, 0.717) is 36.8 Å². The molecular formula is C29H37ClF5N5O4S. The van der Waals surface area contributed by atoms with E-state index in [0.717, 1.165) is 12.1 Å². The fourth-order valence-corrected chi connectivity index (χ4v) is 5.84. The molecule has 45 heavy (non-hydrogen) atoms. The van der Waals surface area contributed by atoms with Crippen molar-refractivity contribution in [1.29, 1.82) is 0 Å². The first kappa shape index (κ1) is 36.5. The molecule has 1 atom stereocenters. The largest absolute Gasteiger partial charge is 0.390 e. The number of carbonyl (C=O) groups is 2. The van der Waals surface area contributed by atoms with Crippen molar-refractivity contribution in [2.45, 2.75) is 58.3 Å². The van der Waals surface area contributed by atoms with Crippen LogP contribution in [-0.4, -0.2) is 69.3 Å². The first-order valence-electron chi connectivity index (χ1n) is 14.3. The molecule has 0 radical (unpaired) electrons. The number of benzene rings is 2. The molecule has 3 rings (SSSR count). The summed E-state index contributed by atoms with van der Waals surface area (Å²) in [6.45, 7) is 4.50. The predicted molar refractivity (Wildman–Crippen MR) is 163 cm³/mol. The van der Waals surface area contributed by atoms with Crippen LogP contribution in [0.4, 0.5) is 33.3 Å². The standard InChI is InChI=1S/C29H37ClF5N5O4S/c1-18(2)14-21-17-40(12-11-39(21)10-9-29(33,34)35)24-15-20(30)6-8-23(24)38-28(42)22-7-5-19(26(31)27(22)32)16-37-25(41)4-3-13-45(36,43)44/h5-8,15,18,21H,3-4,9-14,16-17H2,1-2H3,(H,37,41)(H,38,42)(H2,36,43,44)/t21-/m0/s1. The van der Waals surface area contributed by atoms with Crippen molar-refractivity contribution in [1.82, 2.24) is 10.2 Å². The summed E-state index contributed by atoms with van der Waals surface area (Å²) in [5.41, 5.74) is -0.0725. The highest BCUT2D eigenvalue weighted by atomic mass is 35.5. The van der Waals surface area contributed by atoms with Gasteiger partial charge in [0.25, 0.3) is 5.91 Å². The van der Waals surface area contributed by atoms with E-state index in [4.69, 9.17) is 16.7 Å². The van der Waals surface area contributed by atoms with Gasteiger partial charge in [-0.05, 0) is 43.0 Å². The lowest BCUT2D eigenvalue weighted by Crippen LogP contribution is -2.54. The second-order valence-corrected chi connectivity index (χ2v) is 13.6. The van der Waals surface area contributed by atoms with E-state index in [1.165, 1.54) is 12.1 Å². The summed E-state index contributed by atoms with van der Waals surface area (Å²) in [5.74, 6) is -4.50. The van der Waals surface area contributed by atoms with Gasteiger partial charge in [0.1, 0.15) is 0 Å². The molecular weight excluding hydrogens is 645 g/mol. The van der Waals surface area contributed by atoms with Crippen LogP contribution in [0.2, 0.25) is 5.02 Å². The van der Waals surface area contributed by atoms with Crippen molar-refractivity contribution in [2.24, 2.45) is 11.1 Å². The average molecular weight is 682 g/mol. The Balaban J connectivity index is 1.73. The maximum Gasteiger partial charge on any atom is 0.390 e. The number of rotatable bonds is 13. The Hall–Kier alpha value is -3.01.